The molecule has 8 heteroatoms. The molecule has 2 N–H and O–H groups in total. The SMILES string of the molecule is COc1ccccc1NC(=O)C1=C(C)NC(SCC#N)=C(C#N)[C@@H]1c1cccs1. The van der Waals surface area contributed by atoms with E-state index >= 15 is 0 Å². The molecule has 0 spiro atoms. The van der Waals surface area contributed by atoms with Crippen molar-refractivity contribution in [3.05, 3.63) is 68.5 Å². The standard InChI is InChI=1S/C21H18N4O2S2/c1-13-18(20(26)25-15-6-3-4-7-16(15)27-2)19(17-8-5-10-28-17)14(12-23)21(24-13)29-11-9-22/h3-8,10,19,24H,11H2,1-2H3,(H,25,26)/t19-/m1/s1. The Balaban J connectivity index is 2.03. The van der Waals surface area contributed by atoms with E-state index in [1.165, 1.54) is 23.1 Å². The largest absolute Gasteiger partial charge is 0.495 e. The number of carbonyl (C=O) groups excluding carboxylic acids is 1. The van der Waals surface area contributed by atoms with Gasteiger partial charge in [0.25, 0.3) is 5.91 Å². The monoisotopic (exact) mass is 422 g/mol. The molecule has 0 aliphatic carbocycles. The minimum atomic E-state index is -0.503. The summed E-state index contributed by atoms with van der Waals surface area (Å²) in [6.07, 6.45) is 0. The lowest BCUT2D eigenvalue weighted by atomic mass is 9.86. The van der Waals surface area contributed by atoms with E-state index in [1.54, 1.807) is 26.2 Å². The van der Waals surface area contributed by atoms with Gasteiger partial charge in [0.1, 0.15) is 5.75 Å². The van der Waals surface area contributed by atoms with Crippen LogP contribution >= 0.6 is 23.1 Å². The molecule has 3 rings (SSSR count). The first-order valence-corrected chi connectivity index (χ1v) is 10.6. The maximum absolute atomic E-state index is 13.3. The second kappa shape index (κ2) is 9.33. The van der Waals surface area contributed by atoms with Crippen LogP contribution in [0.25, 0.3) is 0 Å². The fraction of sp³-hybridized carbons (Fsp3) is 0.190. The van der Waals surface area contributed by atoms with Crippen molar-refractivity contribution in [3.63, 3.8) is 0 Å². The van der Waals surface area contributed by atoms with Crippen molar-refractivity contribution in [2.75, 3.05) is 18.2 Å². The topological polar surface area (TPSA) is 97.9 Å². The normalized spacial score (nSPS) is 15.9. The predicted molar refractivity (Wildman–Crippen MR) is 115 cm³/mol. The molecule has 0 fully saturated rings. The average molecular weight is 423 g/mol. The minimum absolute atomic E-state index is 0.209. The van der Waals surface area contributed by atoms with Crippen LogP contribution in [0.2, 0.25) is 0 Å². The zero-order chi connectivity index (χ0) is 20.8. The van der Waals surface area contributed by atoms with E-state index in [2.05, 4.69) is 22.8 Å². The molecule has 0 saturated carbocycles. The number of anilines is 1. The van der Waals surface area contributed by atoms with E-state index in [-0.39, 0.29) is 11.7 Å². The molecular weight excluding hydrogens is 404 g/mol. The van der Waals surface area contributed by atoms with Crippen LogP contribution in [0.4, 0.5) is 5.69 Å². The number of thiophene rings is 1. The maximum atomic E-state index is 13.3. The lowest BCUT2D eigenvalue weighted by Gasteiger charge is -2.28. The maximum Gasteiger partial charge on any atom is 0.254 e. The molecule has 1 aliphatic heterocycles. The van der Waals surface area contributed by atoms with Crippen molar-refractivity contribution >= 4 is 34.7 Å². The van der Waals surface area contributed by atoms with Crippen LogP contribution in [0, 0.1) is 22.7 Å². The van der Waals surface area contributed by atoms with Crippen LogP contribution in [0.15, 0.2) is 63.7 Å². The van der Waals surface area contributed by atoms with Crippen molar-refractivity contribution in [1.29, 1.82) is 10.5 Å². The first kappa shape index (κ1) is 20.5. The number of benzene rings is 1. The van der Waals surface area contributed by atoms with Crippen molar-refractivity contribution in [2.45, 2.75) is 12.8 Å². The van der Waals surface area contributed by atoms with Gasteiger partial charge in [-0.05, 0) is 30.5 Å². The number of carbonyl (C=O) groups is 1. The number of allylic oxidation sites excluding steroid dienone is 2. The number of hydrogen-bond acceptors (Lipinski definition) is 7. The zero-order valence-corrected chi connectivity index (χ0v) is 17.5. The van der Waals surface area contributed by atoms with Gasteiger partial charge in [-0.25, -0.2) is 0 Å². The van der Waals surface area contributed by atoms with Crippen molar-refractivity contribution in [1.82, 2.24) is 5.32 Å². The molecule has 0 saturated heterocycles. The summed E-state index contributed by atoms with van der Waals surface area (Å²) in [5, 5.41) is 27.4. The summed E-state index contributed by atoms with van der Waals surface area (Å²) in [5.74, 6) is -0.0512. The number of amides is 1. The number of nitriles is 2. The van der Waals surface area contributed by atoms with Crippen LogP contribution in [-0.2, 0) is 4.79 Å². The number of nitrogens with one attached hydrogen (secondary N) is 2. The summed E-state index contributed by atoms with van der Waals surface area (Å²) in [4.78, 5) is 14.2. The van der Waals surface area contributed by atoms with Crippen LogP contribution in [0.1, 0.15) is 17.7 Å². The van der Waals surface area contributed by atoms with Crippen molar-refractivity contribution < 1.29 is 9.53 Å². The Bertz CT molecular complexity index is 1060. The summed E-state index contributed by atoms with van der Waals surface area (Å²) in [5.41, 5.74) is 2.10. The highest BCUT2D eigenvalue weighted by Crippen LogP contribution is 2.42. The van der Waals surface area contributed by atoms with Gasteiger partial charge in [0.05, 0.1) is 47.2 Å². The zero-order valence-electron chi connectivity index (χ0n) is 15.9. The van der Waals surface area contributed by atoms with Crippen molar-refractivity contribution in [3.8, 4) is 17.9 Å². The number of hydrogen-bond donors (Lipinski definition) is 2. The van der Waals surface area contributed by atoms with Gasteiger partial charge in [0.2, 0.25) is 0 Å². The summed E-state index contributed by atoms with van der Waals surface area (Å²) >= 11 is 2.75. The summed E-state index contributed by atoms with van der Waals surface area (Å²) in [6.45, 7) is 1.80. The van der Waals surface area contributed by atoms with Gasteiger partial charge in [0, 0.05) is 16.1 Å². The minimum Gasteiger partial charge on any atom is -0.495 e. The fourth-order valence-electron chi connectivity index (χ4n) is 3.11. The molecule has 1 amide bonds. The van der Waals surface area contributed by atoms with Crippen LogP contribution in [0.5, 0.6) is 5.75 Å². The van der Waals surface area contributed by atoms with E-state index < -0.39 is 5.92 Å². The van der Waals surface area contributed by atoms with Gasteiger partial charge in [-0.2, -0.15) is 10.5 Å². The molecule has 146 valence electrons. The van der Waals surface area contributed by atoms with Crippen LogP contribution < -0.4 is 15.4 Å². The number of methoxy groups -OCH3 is 1. The van der Waals surface area contributed by atoms with Gasteiger partial charge in [-0.1, -0.05) is 30.0 Å². The summed E-state index contributed by atoms with van der Waals surface area (Å²) < 4.78 is 5.32. The third-order valence-electron chi connectivity index (χ3n) is 4.36. The van der Waals surface area contributed by atoms with Crippen LogP contribution in [0.3, 0.4) is 0 Å². The van der Waals surface area contributed by atoms with Gasteiger partial charge in [-0.3, -0.25) is 4.79 Å². The Kier molecular flexibility index (Phi) is 6.61. The first-order chi connectivity index (χ1) is 14.1. The summed E-state index contributed by atoms with van der Waals surface area (Å²) in [7, 11) is 1.54. The number of rotatable bonds is 6. The number of dihydropyridines is 1. The van der Waals surface area contributed by atoms with E-state index in [0.717, 1.165) is 4.88 Å². The molecule has 29 heavy (non-hydrogen) atoms. The second-order valence-electron chi connectivity index (χ2n) is 6.07. The smallest absolute Gasteiger partial charge is 0.254 e. The quantitative estimate of drug-likeness (QED) is 0.718. The Morgan fingerprint density at radius 3 is 2.76 bits per heavy atom. The van der Waals surface area contributed by atoms with E-state index in [1.807, 2.05) is 29.6 Å². The predicted octanol–water partition coefficient (Wildman–Crippen LogP) is 4.35. The highest BCUT2D eigenvalue weighted by molar-refractivity contribution is 8.03. The molecule has 0 unspecified atom stereocenters. The third-order valence-corrected chi connectivity index (χ3v) is 6.18. The van der Waals surface area contributed by atoms with Crippen LogP contribution in [-0.4, -0.2) is 18.8 Å². The molecule has 1 aromatic heterocycles. The Morgan fingerprint density at radius 2 is 2.10 bits per heavy atom. The summed E-state index contributed by atoms with van der Waals surface area (Å²) in [6, 6.07) is 15.3. The lowest BCUT2D eigenvalue weighted by Crippen LogP contribution is -2.30. The number of ether oxygens (including phenoxy) is 1. The van der Waals surface area contributed by atoms with Gasteiger partial charge in [0.15, 0.2) is 0 Å². The Hall–Kier alpha value is -3.20. The molecule has 2 aromatic rings. The van der Waals surface area contributed by atoms with E-state index in [0.29, 0.717) is 33.3 Å². The Morgan fingerprint density at radius 1 is 1.31 bits per heavy atom. The molecule has 6 nitrogen and oxygen atoms in total. The average Bonchev–Trinajstić information content (AvgIpc) is 3.26. The van der Waals surface area contributed by atoms with Gasteiger partial charge < -0.3 is 15.4 Å². The third kappa shape index (κ3) is 4.29. The molecule has 0 bridgehead atoms. The Labute approximate surface area is 177 Å². The first-order valence-electron chi connectivity index (χ1n) is 8.70. The molecule has 1 atom stereocenters. The highest BCUT2D eigenvalue weighted by atomic mass is 32.2. The van der Waals surface area contributed by atoms with Gasteiger partial charge in [-0.15, -0.1) is 11.3 Å². The second-order valence-corrected chi connectivity index (χ2v) is 8.03. The number of para-hydroxylation sites is 2. The molecule has 1 aliphatic rings. The van der Waals surface area contributed by atoms with Crippen molar-refractivity contribution in [2.24, 2.45) is 0 Å². The molecular formula is C21H18N4O2S2. The molecule has 0 radical (unpaired) electrons. The lowest BCUT2D eigenvalue weighted by molar-refractivity contribution is -0.113. The number of thioether (sulfide) groups is 1. The molecule has 1 aromatic carbocycles. The molecule has 2 heterocycles. The highest BCUT2D eigenvalue weighted by Gasteiger charge is 2.35. The van der Waals surface area contributed by atoms with E-state index in [9.17, 15) is 10.1 Å². The fourth-order valence-corrected chi connectivity index (χ4v) is 4.71. The number of nitrogens with zero attached hydrogens (tertiary/aromatic N) is 2. The van der Waals surface area contributed by atoms with E-state index in [4.69, 9.17) is 10.00 Å². The van der Waals surface area contributed by atoms with Gasteiger partial charge >= 0.3 is 0 Å².